The summed E-state index contributed by atoms with van der Waals surface area (Å²) in [5, 5.41) is 0. The number of nitrogens with two attached hydrogens (primary N) is 1. The van der Waals surface area contributed by atoms with Gasteiger partial charge in [-0.15, -0.1) is 0 Å². The molecule has 0 amide bonds. The maximum Gasteiger partial charge on any atom is 0.227 e. The van der Waals surface area contributed by atoms with E-state index in [-0.39, 0.29) is 0 Å². The summed E-state index contributed by atoms with van der Waals surface area (Å²) in [6, 6.07) is 3.44. The van der Waals surface area contributed by atoms with Gasteiger partial charge in [0.05, 0.1) is 6.57 Å². The maximum atomic E-state index is 6.66. The van der Waals surface area contributed by atoms with Gasteiger partial charge in [0.2, 0.25) is 5.69 Å². The van der Waals surface area contributed by atoms with Crippen molar-refractivity contribution in [2.75, 3.05) is 5.73 Å². The number of anilines is 1. The third-order valence-corrected chi connectivity index (χ3v) is 1.16. The summed E-state index contributed by atoms with van der Waals surface area (Å²) in [6.45, 7) is 8.50. The average molecular weight is 133 g/mol. The topological polar surface area (TPSA) is 43.3 Å². The lowest BCUT2D eigenvalue weighted by Crippen LogP contribution is -1.90. The summed E-state index contributed by atoms with van der Waals surface area (Å²) in [6.07, 6.45) is 0. The Bertz CT molecular complexity index is 285. The van der Waals surface area contributed by atoms with E-state index in [4.69, 9.17) is 12.3 Å². The third-order valence-electron chi connectivity index (χ3n) is 1.16. The molecule has 0 spiro atoms. The van der Waals surface area contributed by atoms with Gasteiger partial charge >= 0.3 is 0 Å². The van der Waals surface area contributed by atoms with Crippen LogP contribution in [0.2, 0.25) is 0 Å². The second kappa shape index (κ2) is 2.36. The zero-order valence-electron chi connectivity index (χ0n) is 5.63. The van der Waals surface area contributed by atoms with Crippen molar-refractivity contribution in [2.24, 2.45) is 0 Å². The molecule has 0 fully saturated rings. The molecule has 1 rings (SSSR count). The number of hydrogen-bond donors (Lipinski definition) is 1. The van der Waals surface area contributed by atoms with Crippen molar-refractivity contribution >= 4 is 11.5 Å². The number of nitrogen functional groups attached to an aromatic ring is 1. The Morgan fingerprint density at radius 2 is 2.30 bits per heavy atom. The number of aryl methyl sites for hydroxylation is 1. The molecule has 0 aliphatic heterocycles. The zero-order chi connectivity index (χ0) is 7.56. The molecular formula is C7H7N3. The van der Waals surface area contributed by atoms with Gasteiger partial charge in [-0.1, -0.05) is 12.1 Å². The largest absolute Gasteiger partial charge is 0.392 e. The standard InChI is InChI=1S/C7H7N3/c1-5-3-4-6(9-2)7(8)10-5/h3-4H,1H3,(H2,8,10). The van der Waals surface area contributed by atoms with Crippen LogP contribution >= 0.6 is 0 Å². The molecule has 0 atom stereocenters. The van der Waals surface area contributed by atoms with Crippen LogP contribution in [0.3, 0.4) is 0 Å². The van der Waals surface area contributed by atoms with E-state index in [1.165, 1.54) is 0 Å². The maximum absolute atomic E-state index is 6.66. The molecule has 2 N–H and O–H groups in total. The number of hydrogen-bond acceptors (Lipinski definition) is 2. The molecule has 1 heterocycles. The van der Waals surface area contributed by atoms with Crippen molar-refractivity contribution in [1.29, 1.82) is 0 Å². The van der Waals surface area contributed by atoms with Gasteiger partial charge in [-0.05, 0) is 6.92 Å². The van der Waals surface area contributed by atoms with Gasteiger partial charge in [-0.2, -0.15) is 0 Å². The Morgan fingerprint density at radius 1 is 1.60 bits per heavy atom. The fraction of sp³-hybridized carbons (Fsp3) is 0.143. The van der Waals surface area contributed by atoms with Gasteiger partial charge in [-0.3, -0.25) is 0 Å². The normalized spacial score (nSPS) is 8.80. The molecule has 10 heavy (non-hydrogen) atoms. The van der Waals surface area contributed by atoms with Gasteiger partial charge in [0.15, 0.2) is 0 Å². The predicted molar refractivity (Wildman–Crippen MR) is 39.6 cm³/mol. The summed E-state index contributed by atoms with van der Waals surface area (Å²) in [5.74, 6) is 0.315. The monoisotopic (exact) mass is 133 g/mol. The van der Waals surface area contributed by atoms with Crippen LogP contribution in [0.1, 0.15) is 5.69 Å². The molecule has 3 heteroatoms. The lowest BCUT2D eigenvalue weighted by Gasteiger charge is -1.95. The van der Waals surface area contributed by atoms with Crippen LogP contribution in [0.25, 0.3) is 4.85 Å². The fourth-order valence-corrected chi connectivity index (χ4v) is 0.664. The SMILES string of the molecule is [C-]#[N+]c1ccc(C)nc1N. The second-order valence-corrected chi connectivity index (χ2v) is 1.97. The van der Waals surface area contributed by atoms with Crippen LogP contribution < -0.4 is 5.73 Å². The van der Waals surface area contributed by atoms with E-state index in [1.807, 2.05) is 6.92 Å². The fourth-order valence-electron chi connectivity index (χ4n) is 0.664. The van der Waals surface area contributed by atoms with Crippen molar-refractivity contribution in [2.45, 2.75) is 6.92 Å². The summed E-state index contributed by atoms with van der Waals surface area (Å²) in [7, 11) is 0. The van der Waals surface area contributed by atoms with Crippen LogP contribution in [-0.4, -0.2) is 4.98 Å². The van der Waals surface area contributed by atoms with Crippen LogP contribution in [0.4, 0.5) is 11.5 Å². The van der Waals surface area contributed by atoms with Gasteiger partial charge in [0.1, 0.15) is 5.82 Å². The van der Waals surface area contributed by atoms with Crippen LogP contribution in [0.15, 0.2) is 12.1 Å². The van der Waals surface area contributed by atoms with Crippen LogP contribution in [0.5, 0.6) is 0 Å². The van der Waals surface area contributed by atoms with Gasteiger partial charge in [0.25, 0.3) is 0 Å². The first-order valence-electron chi connectivity index (χ1n) is 2.84. The molecule has 0 saturated heterocycles. The van der Waals surface area contributed by atoms with Gasteiger partial charge in [-0.25, -0.2) is 9.83 Å². The van der Waals surface area contributed by atoms with Crippen LogP contribution in [0, 0.1) is 13.5 Å². The first-order valence-corrected chi connectivity index (χ1v) is 2.84. The lowest BCUT2D eigenvalue weighted by molar-refractivity contribution is 1.22. The zero-order valence-corrected chi connectivity index (χ0v) is 5.63. The molecule has 3 nitrogen and oxygen atoms in total. The molecule has 0 aliphatic carbocycles. The molecule has 0 aromatic carbocycles. The average Bonchev–Trinajstić information content (AvgIpc) is 1.88. The molecule has 0 saturated carbocycles. The lowest BCUT2D eigenvalue weighted by atomic mass is 10.3. The Hall–Kier alpha value is -1.56. The summed E-state index contributed by atoms with van der Waals surface area (Å²) >= 11 is 0. The Labute approximate surface area is 59.3 Å². The van der Waals surface area contributed by atoms with Crippen molar-refractivity contribution in [3.05, 3.63) is 29.2 Å². The van der Waals surface area contributed by atoms with E-state index < -0.39 is 0 Å². The van der Waals surface area contributed by atoms with Crippen LogP contribution in [-0.2, 0) is 0 Å². The minimum Gasteiger partial charge on any atom is -0.392 e. The molecule has 0 bridgehead atoms. The number of rotatable bonds is 0. The second-order valence-electron chi connectivity index (χ2n) is 1.97. The van der Waals surface area contributed by atoms with E-state index in [2.05, 4.69) is 9.83 Å². The van der Waals surface area contributed by atoms with Crippen molar-refractivity contribution in [3.8, 4) is 0 Å². The first kappa shape index (κ1) is 6.56. The Kier molecular flexibility index (Phi) is 1.55. The molecule has 1 aromatic heterocycles. The summed E-state index contributed by atoms with van der Waals surface area (Å²) in [5.41, 5.74) is 6.67. The highest BCUT2D eigenvalue weighted by Gasteiger charge is 1.96. The van der Waals surface area contributed by atoms with Crippen molar-refractivity contribution in [3.63, 3.8) is 0 Å². The minimum absolute atomic E-state index is 0.315. The number of aromatic nitrogens is 1. The Morgan fingerprint density at radius 3 is 2.80 bits per heavy atom. The van der Waals surface area contributed by atoms with Crippen molar-refractivity contribution in [1.82, 2.24) is 4.98 Å². The first-order chi connectivity index (χ1) is 4.74. The van der Waals surface area contributed by atoms with E-state index in [0.29, 0.717) is 11.5 Å². The summed E-state index contributed by atoms with van der Waals surface area (Å²) in [4.78, 5) is 7.08. The van der Waals surface area contributed by atoms with E-state index >= 15 is 0 Å². The predicted octanol–water partition coefficient (Wildman–Crippen LogP) is 1.52. The van der Waals surface area contributed by atoms with Gasteiger partial charge in [0, 0.05) is 5.69 Å². The molecule has 0 radical (unpaired) electrons. The van der Waals surface area contributed by atoms with E-state index in [1.54, 1.807) is 12.1 Å². The molecule has 50 valence electrons. The number of pyridine rings is 1. The highest BCUT2D eigenvalue weighted by Crippen LogP contribution is 2.18. The minimum atomic E-state index is 0.315. The van der Waals surface area contributed by atoms with Gasteiger partial charge < -0.3 is 5.73 Å². The molecule has 0 aliphatic rings. The molecule has 1 aromatic rings. The quantitative estimate of drug-likeness (QED) is 0.545. The van der Waals surface area contributed by atoms with Crippen molar-refractivity contribution < 1.29 is 0 Å². The highest BCUT2D eigenvalue weighted by atomic mass is 14.9. The summed E-state index contributed by atoms with van der Waals surface area (Å²) < 4.78 is 0. The van der Waals surface area contributed by atoms with E-state index in [0.717, 1.165) is 5.69 Å². The number of nitrogens with zero attached hydrogens (tertiary/aromatic N) is 2. The smallest absolute Gasteiger partial charge is 0.227 e. The molecule has 0 unspecified atom stereocenters. The Balaban J connectivity index is 3.23. The molecular weight excluding hydrogens is 126 g/mol. The van der Waals surface area contributed by atoms with E-state index in [9.17, 15) is 0 Å². The third kappa shape index (κ3) is 1.06. The highest BCUT2D eigenvalue weighted by molar-refractivity contribution is 5.62.